The second-order valence-electron chi connectivity index (χ2n) is 5.70. The van der Waals surface area contributed by atoms with E-state index in [0.717, 1.165) is 12.1 Å². The topological polar surface area (TPSA) is 45.2 Å². The molecule has 2 aromatic rings. The van der Waals surface area contributed by atoms with Gasteiger partial charge in [0.15, 0.2) is 0 Å². The molecule has 1 aromatic carbocycles. The lowest BCUT2D eigenvalue weighted by molar-refractivity contribution is -0.137. The van der Waals surface area contributed by atoms with Gasteiger partial charge in [0, 0.05) is 25.8 Å². The largest absolute Gasteiger partial charge is 0.417 e. The zero-order chi connectivity index (χ0) is 18.0. The van der Waals surface area contributed by atoms with Crippen LogP contribution in [0.1, 0.15) is 27.7 Å². The number of hydrogen-bond acceptors (Lipinski definition) is 3. The third-order valence-corrected chi connectivity index (χ3v) is 4.05. The fourth-order valence-electron chi connectivity index (χ4n) is 2.79. The summed E-state index contributed by atoms with van der Waals surface area (Å²) in [6, 6.07) is 7.40. The average molecular weight is 426 g/mol. The summed E-state index contributed by atoms with van der Waals surface area (Å²) in [7, 11) is 0. The van der Waals surface area contributed by atoms with Gasteiger partial charge in [0.2, 0.25) is 0 Å². The predicted octanol–water partition coefficient (Wildman–Crippen LogP) is 3.87. The minimum absolute atomic E-state index is 0. The number of rotatable bonds is 2. The van der Waals surface area contributed by atoms with Crippen LogP contribution in [0, 0.1) is 5.82 Å². The molecule has 1 fully saturated rings. The molecule has 0 saturated carbocycles. The van der Waals surface area contributed by atoms with Crippen molar-refractivity contribution in [3.05, 3.63) is 65.2 Å². The van der Waals surface area contributed by atoms with Crippen LogP contribution in [0.4, 0.5) is 17.6 Å². The highest BCUT2D eigenvalue weighted by molar-refractivity contribution is 5.92. The summed E-state index contributed by atoms with van der Waals surface area (Å²) in [6.07, 6.45) is -3.86. The second kappa shape index (κ2) is 9.34. The molecule has 1 amide bonds. The molecule has 10 heteroatoms. The number of nitrogens with zero attached hydrogens (tertiary/aromatic N) is 2. The Labute approximate surface area is 165 Å². The number of nitrogens with one attached hydrogen (secondary N) is 1. The molecule has 2 heterocycles. The van der Waals surface area contributed by atoms with Gasteiger partial charge in [-0.3, -0.25) is 9.78 Å². The lowest BCUT2D eigenvalue weighted by atomic mass is 10.0. The first-order valence-electron chi connectivity index (χ1n) is 7.66. The summed E-state index contributed by atoms with van der Waals surface area (Å²) in [4.78, 5) is 17.9. The van der Waals surface area contributed by atoms with E-state index in [0.29, 0.717) is 31.4 Å². The molecular formula is C17H17Cl2F4N3O. The third kappa shape index (κ3) is 5.31. The molecule has 0 aliphatic carbocycles. The Hall–Kier alpha value is -1.90. The molecule has 0 radical (unpaired) electrons. The van der Waals surface area contributed by atoms with Gasteiger partial charge in [-0.25, -0.2) is 4.39 Å². The molecule has 1 saturated heterocycles. The smallest absolute Gasteiger partial charge is 0.328 e. The van der Waals surface area contributed by atoms with E-state index in [4.69, 9.17) is 0 Å². The standard InChI is InChI=1S/C17H15F4N3O.2ClH/c18-13-3-1-2-11(8-13)15-10-22-6-7-24(15)16(25)14-5-4-12(9-23-14)17(19,20)21;;/h1-5,8-9,15,22H,6-7,10H2;2*1H. The van der Waals surface area contributed by atoms with Crippen LogP contribution in [-0.4, -0.2) is 35.4 Å². The lowest BCUT2D eigenvalue weighted by Gasteiger charge is -2.36. The average Bonchev–Trinajstić information content (AvgIpc) is 2.60. The SMILES string of the molecule is Cl.Cl.O=C(c1ccc(C(F)(F)F)cn1)N1CCNCC1c1cccc(F)c1. The highest BCUT2D eigenvalue weighted by atomic mass is 35.5. The van der Waals surface area contributed by atoms with Crippen molar-refractivity contribution in [1.82, 2.24) is 15.2 Å². The number of carbonyl (C=O) groups is 1. The Morgan fingerprint density at radius 2 is 1.93 bits per heavy atom. The number of hydrogen-bond donors (Lipinski definition) is 1. The van der Waals surface area contributed by atoms with Crippen molar-refractivity contribution in [3.63, 3.8) is 0 Å². The Morgan fingerprint density at radius 1 is 1.19 bits per heavy atom. The number of aromatic nitrogens is 1. The lowest BCUT2D eigenvalue weighted by Crippen LogP contribution is -2.48. The quantitative estimate of drug-likeness (QED) is 0.742. The third-order valence-electron chi connectivity index (χ3n) is 4.05. The Balaban J connectivity index is 0.00000182. The van der Waals surface area contributed by atoms with E-state index in [-0.39, 0.29) is 30.5 Å². The Kier molecular flexibility index (Phi) is 8.01. The van der Waals surface area contributed by atoms with E-state index in [1.54, 1.807) is 12.1 Å². The summed E-state index contributed by atoms with van der Waals surface area (Å²) in [5, 5.41) is 3.13. The fourth-order valence-corrected chi connectivity index (χ4v) is 2.79. The summed E-state index contributed by atoms with van der Waals surface area (Å²) in [5.74, 6) is -0.896. The zero-order valence-corrected chi connectivity index (χ0v) is 15.5. The number of alkyl halides is 3. The highest BCUT2D eigenvalue weighted by Crippen LogP contribution is 2.29. The van der Waals surface area contributed by atoms with Crippen molar-refractivity contribution in [3.8, 4) is 0 Å². The number of halogens is 6. The Morgan fingerprint density at radius 3 is 2.52 bits per heavy atom. The van der Waals surface area contributed by atoms with Gasteiger partial charge >= 0.3 is 6.18 Å². The van der Waals surface area contributed by atoms with E-state index < -0.39 is 29.5 Å². The maximum absolute atomic E-state index is 13.5. The van der Waals surface area contributed by atoms with Crippen molar-refractivity contribution in [2.24, 2.45) is 0 Å². The van der Waals surface area contributed by atoms with E-state index >= 15 is 0 Å². The number of pyridine rings is 1. The van der Waals surface area contributed by atoms with Crippen LogP contribution >= 0.6 is 24.8 Å². The van der Waals surface area contributed by atoms with Crippen molar-refractivity contribution in [1.29, 1.82) is 0 Å². The van der Waals surface area contributed by atoms with Crippen LogP contribution < -0.4 is 5.32 Å². The summed E-state index contributed by atoms with van der Waals surface area (Å²) in [5.41, 5.74) is -0.366. The molecule has 3 rings (SSSR count). The molecule has 1 aromatic heterocycles. The van der Waals surface area contributed by atoms with Crippen molar-refractivity contribution < 1.29 is 22.4 Å². The van der Waals surface area contributed by atoms with Gasteiger partial charge in [-0.05, 0) is 29.8 Å². The fraction of sp³-hybridized carbons (Fsp3) is 0.294. The van der Waals surface area contributed by atoms with Crippen LogP contribution in [0.2, 0.25) is 0 Å². The van der Waals surface area contributed by atoms with Gasteiger partial charge in [0.05, 0.1) is 11.6 Å². The molecular weight excluding hydrogens is 409 g/mol. The van der Waals surface area contributed by atoms with Crippen molar-refractivity contribution in [2.75, 3.05) is 19.6 Å². The van der Waals surface area contributed by atoms with Crippen LogP contribution in [0.5, 0.6) is 0 Å². The number of carbonyl (C=O) groups excluding carboxylic acids is 1. The van der Waals surface area contributed by atoms with Gasteiger partial charge in [0.25, 0.3) is 5.91 Å². The molecule has 27 heavy (non-hydrogen) atoms. The first kappa shape index (κ1) is 23.1. The van der Waals surface area contributed by atoms with Gasteiger partial charge in [-0.15, -0.1) is 24.8 Å². The molecule has 0 spiro atoms. The number of benzene rings is 1. The van der Waals surface area contributed by atoms with Gasteiger partial charge < -0.3 is 10.2 Å². The number of amides is 1. The van der Waals surface area contributed by atoms with Crippen LogP contribution in [0.15, 0.2) is 42.6 Å². The zero-order valence-electron chi connectivity index (χ0n) is 13.9. The highest BCUT2D eigenvalue weighted by Gasteiger charge is 2.33. The predicted molar refractivity (Wildman–Crippen MR) is 96.8 cm³/mol. The minimum atomic E-state index is -4.51. The molecule has 1 unspecified atom stereocenters. The maximum Gasteiger partial charge on any atom is 0.417 e. The summed E-state index contributed by atoms with van der Waals surface area (Å²) >= 11 is 0. The molecule has 4 nitrogen and oxygen atoms in total. The van der Waals surface area contributed by atoms with Crippen molar-refractivity contribution in [2.45, 2.75) is 12.2 Å². The van der Waals surface area contributed by atoms with E-state index in [2.05, 4.69) is 10.3 Å². The monoisotopic (exact) mass is 425 g/mol. The van der Waals surface area contributed by atoms with E-state index in [1.807, 2.05) is 0 Å². The second-order valence-corrected chi connectivity index (χ2v) is 5.70. The molecule has 0 bridgehead atoms. The molecule has 1 N–H and O–H groups in total. The first-order valence-corrected chi connectivity index (χ1v) is 7.66. The van der Waals surface area contributed by atoms with Crippen LogP contribution in [0.3, 0.4) is 0 Å². The normalized spacial score (nSPS) is 16.9. The number of piperazine rings is 1. The molecule has 1 atom stereocenters. The summed E-state index contributed by atoms with van der Waals surface area (Å²) < 4.78 is 51.3. The van der Waals surface area contributed by atoms with Crippen LogP contribution in [-0.2, 0) is 6.18 Å². The summed E-state index contributed by atoms with van der Waals surface area (Å²) in [6.45, 7) is 1.32. The van der Waals surface area contributed by atoms with Crippen molar-refractivity contribution >= 4 is 30.7 Å². The Bertz CT molecular complexity index is 772. The maximum atomic E-state index is 13.5. The molecule has 148 valence electrons. The van der Waals surface area contributed by atoms with Gasteiger partial charge in [-0.2, -0.15) is 13.2 Å². The first-order chi connectivity index (χ1) is 11.9. The van der Waals surface area contributed by atoms with Gasteiger partial charge in [-0.1, -0.05) is 12.1 Å². The van der Waals surface area contributed by atoms with E-state index in [9.17, 15) is 22.4 Å². The van der Waals surface area contributed by atoms with E-state index in [1.165, 1.54) is 17.0 Å². The van der Waals surface area contributed by atoms with Gasteiger partial charge in [0.1, 0.15) is 11.5 Å². The van der Waals surface area contributed by atoms with Crippen LogP contribution in [0.25, 0.3) is 0 Å². The minimum Gasteiger partial charge on any atom is -0.328 e. The molecule has 1 aliphatic rings. The molecule has 1 aliphatic heterocycles.